The Labute approximate surface area is 185 Å². The smallest absolute Gasteiger partial charge is 0.258 e. The molecule has 5 rings (SSSR count). The number of nitrogen functional groups attached to an aromatic ring is 1. The van der Waals surface area contributed by atoms with Gasteiger partial charge in [-0.1, -0.05) is 35.8 Å². The van der Waals surface area contributed by atoms with E-state index >= 15 is 0 Å². The first-order valence-corrected chi connectivity index (χ1v) is 10.4. The number of hydrogen-bond acceptors (Lipinski definition) is 8. The van der Waals surface area contributed by atoms with E-state index in [1.54, 1.807) is 26.6 Å². The molecule has 0 saturated heterocycles. The van der Waals surface area contributed by atoms with Gasteiger partial charge in [0.25, 0.3) is 5.89 Å². The van der Waals surface area contributed by atoms with Crippen molar-refractivity contribution in [2.45, 2.75) is 24.7 Å². The Bertz CT molecular complexity index is 1230. The second kappa shape index (κ2) is 7.96. The van der Waals surface area contributed by atoms with E-state index in [0.29, 0.717) is 23.2 Å². The third-order valence-corrected chi connectivity index (χ3v) is 6.13. The summed E-state index contributed by atoms with van der Waals surface area (Å²) in [5, 5.41) is 4.36. The molecule has 1 aliphatic carbocycles. The molecule has 2 aromatic heterocycles. The minimum absolute atomic E-state index is 0.242. The van der Waals surface area contributed by atoms with Crippen molar-refractivity contribution in [2.24, 2.45) is 0 Å². The first-order valence-electron chi connectivity index (χ1n) is 10.4. The summed E-state index contributed by atoms with van der Waals surface area (Å²) in [6, 6.07) is 13.9. The van der Waals surface area contributed by atoms with Crippen molar-refractivity contribution in [3.05, 3.63) is 66.2 Å². The summed E-state index contributed by atoms with van der Waals surface area (Å²) in [7, 11) is 3.21. The number of ether oxygens (including phenoxy) is 2. The summed E-state index contributed by atoms with van der Waals surface area (Å²) in [6.07, 6.45) is 6.52. The van der Waals surface area contributed by atoms with Gasteiger partial charge in [-0.05, 0) is 42.2 Å². The molecule has 0 radical (unpaired) electrons. The van der Waals surface area contributed by atoms with Crippen molar-refractivity contribution in [3.63, 3.8) is 0 Å². The Balaban J connectivity index is 1.45. The number of benzene rings is 2. The van der Waals surface area contributed by atoms with Gasteiger partial charge in [0.2, 0.25) is 5.95 Å². The zero-order chi connectivity index (χ0) is 22.1. The lowest BCUT2D eigenvalue weighted by atomic mass is 9.64. The van der Waals surface area contributed by atoms with Gasteiger partial charge < -0.3 is 19.7 Å². The van der Waals surface area contributed by atoms with E-state index < -0.39 is 0 Å². The van der Waals surface area contributed by atoms with Gasteiger partial charge in [-0.25, -0.2) is 9.97 Å². The van der Waals surface area contributed by atoms with E-state index in [0.717, 1.165) is 36.0 Å². The highest BCUT2D eigenvalue weighted by Gasteiger charge is 2.44. The Morgan fingerprint density at radius 2 is 1.56 bits per heavy atom. The van der Waals surface area contributed by atoms with Crippen molar-refractivity contribution in [2.75, 3.05) is 20.0 Å². The fourth-order valence-corrected chi connectivity index (χ4v) is 4.14. The zero-order valence-corrected chi connectivity index (χ0v) is 17.9. The highest BCUT2D eigenvalue weighted by molar-refractivity contribution is 5.63. The molecule has 1 saturated carbocycles. The molecule has 1 fully saturated rings. The monoisotopic (exact) mass is 429 g/mol. The topological polar surface area (TPSA) is 109 Å². The van der Waals surface area contributed by atoms with Gasteiger partial charge >= 0.3 is 0 Å². The Kier molecular flexibility index (Phi) is 4.97. The second-order valence-electron chi connectivity index (χ2n) is 7.84. The normalized spacial score (nSPS) is 14.6. The van der Waals surface area contributed by atoms with Crippen molar-refractivity contribution >= 4 is 5.95 Å². The largest absolute Gasteiger partial charge is 0.493 e. The predicted molar refractivity (Wildman–Crippen MR) is 119 cm³/mol. The summed E-state index contributed by atoms with van der Waals surface area (Å²) in [6.45, 7) is 0. The highest BCUT2D eigenvalue weighted by atomic mass is 16.5. The van der Waals surface area contributed by atoms with Crippen molar-refractivity contribution in [1.82, 2.24) is 20.1 Å². The van der Waals surface area contributed by atoms with Crippen LogP contribution < -0.4 is 15.2 Å². The molecule has 2 N–H and O–H groups in total. The number of anilines is 1. The lowest BCUT2D eigenvalue weighted by Gasteiger charge is -2.39. The standard InChI is InChI=1S/C24H23N5O3/c1-30-19-9-6-16(12-20(19)31-2)21-28-22(29-32-21)24(10-3-11-24)18-7-4-15(5-8-18)17-13-26-23(25)27-14-17/h4-9,12-14H,3,10-11H2,1-2H3,(H2,25,26,27). The summed E-state index contributed by atoms with van der Waals surface area (Å²) >= 11 is 0. The molecular weight excluding hydrogens is 406 g/mol. The van der Waals surface area contributed by atoms with E-state index in [-0.39, 0.29) is 11.4 Å². The third kappa shape index (κ3) is 3.33. The van der Waals surface area contributed by atoms with Crippen LogP contribution in [-0.2, 0) is 5.41 Å². The van der Waals surface area contributed by atoms with E-state index in [4.69, 9.17) is 24.7 Å². The maximum absolute atomic E-state index is 5.65. The molecule has 0 amide bonds. The predicted octanol–water partition coefficient (Wildman–Crippen LogP) is 4.26. The van der Waals surface area contributed by atoms with E-state index in [1.807, 2.05) is 18.2 Å². The molecule has 0 aliphatic heterocycles. The van der Waals surface area contributed by atoms with Gasteiger partial charge in [-0.3, -0.25) is 0 Å². The van der Waals surface area contributed by atoms with Crippen molar-refractivity contribution < 1.29 is 14.0 Å². The van der Waals surface area contributed by atoms with E-state index in [1.165, 1.54) is 5.56 Å². The molecule has 4 aromatic rings. The molecule has 162 valence electrons. The number of nitrogens with zero attached hydrogens (tertiary/aromatic N) is 4. The molecule has 8 heteroatoms. The van der Waals surface area contributed by atoms with Crippen LogP contribution in [0.4, 0.5) is 5.95 Å². The van der Waals surface area contributed by atoms with Crippen LogP contribution in [-0.4, -0.2) is 34.3 Å². The molecule has 0 spiro atoms. The SMILES string of the molecule is COc1ccc(-c2nc(C3(c4ccc(-c5cnc(N)nc5)cc4)CCC3)no2)cc1OC. The highest BCUT2D eigenvalue weighted by Crippen LogP contribution is 2.48. The fraction of sp³-hybridized carbons (Fsp3) is 0.250. The van der Waals surface area contributed by atoms with E-state index in [9.17, 15) is 0 Å². The number of methoxy groups -OCH3 is 2. The maximum Gasteiger partial charge on any atom is 0.258 e. The average Bonchev–Trinajstić information content (AvgIpc) is 3.29. The second-order valence-corrected chi connectivity index (χ2v) is 7.84. The minimum Gasteiger partial charge on any atom is -0.493 e. The first-order chi connectivity index (χ1) is 15.6. The van der Waals surface area contributed by atoms with Gasteiger partial charge in [-0.2, -0.15) is 4.98 Å². The summed E-state index contributed by atoms with van der Waals surface area (Å²) < 4.78 is 16.4. The van der Waals surface area contributed by atoms with Crippen LogP contribution in [0.25, 0.3) is 22.6 Å². The number of rotatable bonds is 6. The molecule has 0 bridgehead atoms. The van der Waals surface area contributed by atoms with Gasteiger partial charge in [-0.15, -0.1) is 0 Å². The quantitative estimate of drug-likeness (QED) is 0.484. The van der Waals surface area contributed by atoms with Gasteiger partial charge in [0.1, 0.15) is 0 Å². The van der Waals surface area contributed by atoms with Crippen LogP contribution in [0.1, 0.15) is 30.7 Å². The molecule has 0 atom stereocenters. The molecule has 0 unspecified atom stereocenters. The molecule has 8 nitrogen and oxygen atoms in total. The Hall–Kier alpha value is -3.94. The number of hydrogen-bond donors (Lipinski definition) is 1. The van der Waals surface area contributed by atoms with Gasteiger partial charge in [0.15, 0.2) is 17.3 Å². The van der Waals surface area contributed by atoms with Gasteiger partial charge in [0.05, 0.1) is 19.6 Å². The average molecular weight is 429 g/mol. The summed E-state index contributed by atoms with van der Waals surface area (Å²) in [5.41, 5.74) is 9.26. The molecule has 2 aromatic carbocycles. The van der Waals surface area contributed by atoms with Crippen molar-refractivity contribution in [3.8, 4) is 34.1 Å². The summed E-state index contributed by atoms with van der Waals surface area (Å²) in [5.74, 6) is 2.70. The Morgan fingerprint density at radius 1 is 0.875 bits per heavy atom. The van der Waals surface area contributed by atoms with Crippen LogP contribution in [0, 0.1) is 0 Å². The number of aromatic nitrogens is 4. The lowest BCUT2D eigenvalue weighted by molar-refractivity contribution is 0.273. The zero-order valence-electron chi connectivity index (χ0n) is 17.9. The van der Waals surface area contributed by atoms with E-state index in [2.05, 4.69) is 39.4 Å². The molecule has 2 heterocycles. The van der Waals surface area contributed by atoms with Gasteiger partial charge in [0, 0.05) is 23.5 Å². The number of nitrogens with two attached hydrogens (primary N) is 1. The molecular formula is C24H23N5O3. The minimum atomic E-state index is -0.242. The van der Waals surface area contributed by atoms with Crippen LogP contribution in [0.3, 0.4) is 0 Å². The lowest BCUT2D eigenvalue weighted by Crippen LogP contribution is -2.36. The van der Waals surface area contributed by atoms with Crippen molar-refractivity contribution in [1.29, 1.82) is 0 Å². The van der Waals surface area contributed by atoms with Crippen LogP contribution in [0.5, 0.6) is 11.5 Å². The van der Waals surface area contributed by atoms with Crippen LogP contribution in [0.15, 0.2) is 59.4 Å². The first kappa shape index (κ1) is 20.0. The summed E-state index contributed by atoms with van der Waals surface area (Å²) in [4.78, 5) is 12.9. The molecule has 1 aliphatic rings. The van der Waals surface area contributed by atoms with Crippen LogP contribution in [0.2, 0.25) is 0 Å². The maximum atomic E-state index is 5.65. The Morgan fingerprint density at radius 3 is 2.19 bits per heavy atom. The fourth-order valence-electron chi connectivity index (χ4n) is 4.14. The third-order valence-electron chi connectivity index (χ3n) is 6.13. The molecule has 32 heavy (non-hydrogen) atoms. The van der Waals surface area contributed by atoms with Crippen LogP contribution >= 0.6 is 0 Å².